The molecule has 23 heavy (non-hydrogen) atoms. The molecule has 5 heteroatoms. The minimum atomic E-state index is 0.123. The maximum absolute atomic E-state index is 12.3. The Labute approximate surface area is 140 Å². The van der Waals surface area contributed by atoms with E-state index in [0.29, 0.717) is 13.0 Å². The monoisotopic (exact) mass is 327 g/mol. The summed E-state index contributed by atoms with van der Waals surface area (Å²) in [6, 6.07) is 8.25. The van der Waals surface area contributed by atoms with E-state index in [1.165, 1.54) is 10.9 Å². The van der Waals surface area contributed by atoms with Crippen molar-refractivity contribution in [2.24, 2.45) is 0 Å². The molecule has 0 aliphatic carbocycles. The van der Waals surface area contributed by atoms with Gasteiger partial charge in [-0.1, -0.05) is 25.1 Å². The number of rotatable bonds is 6. The summed E-state index contributed by atoms with van der Waals surface area (Å²) in [5.41, 5.74) is 3.28. The van der Waals surface area contributed by atoms with E-state index in [2.05, 4.69) is 29.0 Å². The summed E-state index contributed by atoms with van der Waals surface area (Å²) in [5, 5.41) is 4.32. The minimum Gasteiger partial charge on any atom is -0.361 e. The fourth-order valence-electron chi connectivity index (χ4n) is 2.63. The first kappa shape index (κ1) is 15.7. The van der Waals surface area contributed by atoms with E-state index in [1.54, 1.807) is 16.2 Å². The standard InChI is InChI=1S/C18H21N3OS/c1-3-17-20-14(12-23-17)10-18(22)21(2)9-8-13-11-19-16-7-5-4-6-15(13)16/h4-7,11-12,19H,3,8-10H2,1-2H3. The largest absolute Gasteiger partial charge is 0.361 e. The van der Waals surface area contributed by atoms with E-state index >= 15 is 0 Å². The van der Waals surface area contributed by atoms with Gasteiger partial charge in [0.15, 0.2) is 0 Å². The molecule has 0 fully saturated rings. The average molecular weight is 327 g/mol. The number of aryl methyl sites for hydroxylation is 1. The lowest BCUT2D eigenvalue weighted by atomic mass is 10.1. The van der Waals surface area contributed by atoms with Gasteiger partial charge in [-0.25, -0.2) is 4.98 Å². The summed E-state index contributed by atoms with van der Waals surface area (Å²) in [4.78, 5) is 21.9. The highest BCUT2D eigenvalue weighted by molar-refractivity contribution is 7.09. The molecule has 120 valence electrons. The van der Waals surface area contributed by atoms with E-state index in [4.69, 9.17) is 0 Å². The number of hydrogen-bond donors (Lipinski definition) is 1. The highest BCUT2D eigenvalue weighted by atomic mass is 32.1. The Morgan fingerprint density at radius 3 is 2.96 bits per heavy atom. The molecule has 1 aromatic carbocycles. The quantitative estimate of drug-likeness (QED) is 0.754. The lowest BCUT2D eigenvalue weighted by Gasteiger charge is -2.16. The van der Waals surface area contributed by atoms with Gasteiger partial charge in [-0.2, -0.15) is 0 Å². The van der Waals surface area contributed by atoms with Crippen molar-refractivity contribution in [3.05, 3.63) is 52.1 Å². The molecule has 0 saturated heterocycles. The first-order valence-electron chi connectivity index (χ1n) is 7.89. The molecule has 3 rings (SSSR count). The lowest BCUT2D eigenvalue weighted by Crippen LogP contribution is -2.30. The molecule has 0 unspecified atom stereocenters. The molecule has 1 N–H and O–H groups in total. The zero-order chi connectivity index (χ0) is 16.2. The fraction of sp³-hybridized carbons (Fsp3) is 0.333. The van der Waals surface area contributed by atoms with Gasteiger partial charge >= 0.3 is 0 Å². The third-order valence-corrected chi connectivity index (χ3v) is 5.09. The normalized spacial score (nSPS) is 11.0. The molecule has 0 atom stereocenters. The van der Waals surface area contributed by atoms with Crippen molar-refractivity contribution in [1.82, 2.24) is 14.9 Å². The van der Waals surface area contributed by atoms with Crippen molar-refractivity contribution in [2.45, 2.75) is 26.2 Å². The van der Waals surface area contributed by atoms with Crippen LogP contribution in [0.2, 0.25) is 0 Å². The number of benzene rings is 1. The Morgan fingerprint density at radius 2 is 2.17 bits per heavy atom. The number of nitrogens with zero attached hydrogens (tertiary/aromatic N) is 2. The SMILES string of the molecule is CCc1nc(CC(=O)N(C)CCc2c[nH]c3ccccc23)cs1. The second-order valence-electron chi connectivity index (χ2n) is 5.69. The Morgan fingerprint density at radius 1 is 1.35 bits per heavy atom. The van der Waals surface area contributed by atoms with Gasteiger partial charge < -0.3 is 9.88 Å². The second-order valence-corrected chi connectivity index (χ2v) is 6.63. The van der Waals surface area contributed by atoms with E-state index in [1.807, 2.05) is 30.8 Å². The molecule has 2 heterocycles. The van der Waals surface area contributed by atoms with Crippen molar-refractivity contribution < 1.29 is 4.79 Å². The van der Waals surface area contributed by atoms with Gasteiger partial charge in [0.1, 0.15) is 0 Å². The van der Waals surface area contributed by atoms with Crippen LogP contribution in [0.3, 0.4) is 0 Å². The van der Waals surface area contributed by atoms with Crippen molar-refractivity contribution in [1.29, 1.82) is 0 Å². The van der Waals surface area contributed by atoms with Gasteiger partial charge in [0.25, 0.3) is 0 Å². The number of amides is 1. The molecule has 0 spiro atoms. The van der Waals surface area contributed by atoms with Crippen LogP contribution in [-0.4, -0.2) is 34.4 Å². The summed E-state index contributed by atoms with van der Waals surface area (Å²) in [7, 11) is 1.87. The van der Waals surface area contributed by atoms with Crippen molar-refractivity contribution in [2.75, 3.05) is 13.6 Å². The summed E-state index contributed by atoms with van der Waals surface area (Å²) in [6.45, 7) is 2.79. The number of thiazole rings is 1. The third-order valence-electron chi connectivity index (χ3n) is 4.05. The predicted octanol–water partition coefficient (Wildman–Crippen LogP) is 3.43. The van der Waals surface area contributed by atoms with Crippen LogP contribution in [0.4, 0.5) is 0 Å². The van der Waals surface area contributed by atoms with Crippen LogP contribution in [0, 0.1) is 0 Å². The van der Waals surface area contributed by atoms with E-state index < -0.39 is 0 Å². The van der Waals surface area contributed by atoms with Gasteiger partial charge in [-0.15, -0.1) is 11.3 Å². The average Bonchev–Trinajstić information content (AvgIpc) is 3.19. The number of aromatic amines is 1. The summed E-state index contributed by atoms with van der Waals surface area (Å²) >= 11 is 1.63. The molecule has 0 radical (unpaired) electrons. The second kappa shape index (κ2) is 6.96. The number of para-hydroxylation sites is 1. The van der Waals surface area contributed by atoms with Crippen LogP contribution >= 0.6 is 11.3 Å². The van der Waals surface area contributed by atoms with Crippen molar-refractivity contribution in [3.63, 3.8) is 0 Å². The van der Waals surface area contributed by atoms with Crippen molar-refractivity contribution in [3.8, 4) is 0 Å². The topological polar surface area (TPSA) is 49.0 Å². The Hall–Kier alpha value is -2.14. The number of likely N-dealkylation sites (N-methyl/N-ethyl adjacent to an activating group) is 1. The maximum Gasteiger partial charge on any atom is 0.228 e. The molecule has 0 saturated carbocycles. The predicted molar refractivity (Wildman–Crippen MR) is 94.8 cm³/mol. The third kappa shape index (κ3) is 3.62. The Bertz CT molecular complexity index is 805. The molecule has 1 amide bonds. The first-order valence-corrected chi connectivity index (χ1v) is 8.77. The number of aromatic nitrogens is 2. The Balaban J connectivity index is 1.58. The number of nitrogens with one attached hydrogen (secondary N) is 1. The van der Waals surface area contributed by atoms with Gasteiger partial charge in [0.2, 0.25) is 5.91 Å². The zero-order valence-electron chi connectivity index (χ0n) is 13.5. The molecule has 4 nitrogen and oxygen atoms in total. The summed E-state index contributed by atoms with van der Waals surface area (Å²) in [5.74, 6) is 0.123. The molecule has 3 aromatic rings. The van der Waals surface area contributed by atoms with E-state index in [9.17, 15) is 4.79 Å². The van der Waals surface area contributed by atoms with Crippen LogP contribution in [0.5, 0.6) is 0 Å². The van der Waals surface area contributed by atoms with E-state index in [0.717, 1.165) is 29.1 Å². The van der Waals surface area contributed by atoms with Crippen LogP contribution in [0.25, 0.3) is 10.9 Å². The lowest BCUT2D eigenvalue weighted by molar-refractivity contribution is -0.129. The van der Waals surface area contributed by atoms with Crippen LogP contribution in [-0.2, 0) is 24.1 Å². The van der Waals surface area contributed by atoms with Gasteiger partial charge in [0, 0.05) is 36.1 Å². The van der Waals surface area contributed by atoms with Gasteiger partial charge in [0.05, 0.1) is 17.1 Å². The molecule has 0 aliphatic rings. The molecule has 0 bridgehead atoms. The number of fused-ring (bicyclic) bond motifs is 1. The molecular formula is C18H21N3OS. The van der Waals surface area contributed by atoms with Gasteiger partial charge in [-0.3, -0.25) is 4.79 Å². The molecule has 2 aromatic heterocycles. The Kier molecular flexibility index (Phi) is 4.76. The number of H-pyrrole nitrogens is 1. The smallest absolute Gasteiger partial charge is 0.228 e. The number of hydrogen-bond acceptors (Lipinski definition) is 3. The van der Waals surface area contributed by atoms with Crippen molar-refractivity contribution >= 4 is 28.1 Å². The molecular weight excluding hydrogens is 306 g/mol. The summed E-state index contributed by atoms with van der Waals surface area (Å²) in [6.07, 6.45) is 4.20. The zero-order valence-corrected chi connectivity index (χ0v) is 14.3. The highest BCUT2D eigenvalue weighted by Gasteiger charge is 2.13. The van der Waals surface area contributed by atoms with Crippen LogP contribution < -0.4 is 0 Å². The van der Waals surface area contributed by atoms with Gasteiger partial charge in [-0.05, 0) is 24.5 Å². The number of carbonyl (C=O) groups excluding carboxylic acids is 1. The first-order chi connectivity index (χ1) is 11.2. The van der Waals surface area contributed by atoms with Crippen LogP contribution in [0.15, 0.2) is 35.8 Å². The maximum atomic E-state index is 12.3. The number of carbonyl (C=O) groups is 1. The highest BCUT2D eigenvalue weighted by Crippen LogP contribution is 2.18. The molecule has 0 aliphatic heterocycles. The van der Waals surface area contributed by atoms with E-state index in [-0.39, 0.29) is 5.91 Å². The minimum absolute atomic E-state index is 0.123. The fourth-order valence-corrected chi connectivity index (χ4v) is 3.38. The summed E-state index contributed by atoms with van der Waals surface area (Å²) < 4.78 is 0. The van der Waals surface area contributed by atoms with Crippen LogP contribution in [0.1, 0.15) is 23.2 Å².